The first-order valence-electron chi connectivity index (χ1n) is 9.58. The molecule has 7 heteroatoms. The van der Waals surface area contributed by atoms with Gasteiger partial charge in [-0.15, -0.1) is 0 Å². The first kappa shape index (κ1) is 21.7. The summed E-state index contributed by atoms with van der Waals surface area (Å²) in [5.74, 6) is 0.965. The number of benzene rings is 1. The van der Waals surface area contributed by atoms with E-state index in [0.29, 0.717) is 19.1 Å². The molecule has 1 heterocycles. The molecule has 1 aromatic carbocycles. The van der Waals surface area contributed by atoms with Gasteiger partial charge in [-0.2, -0.15) is 0 Å². The van der Waals surface area contributed by atoms with Gasteiger partial charge in [0.25, 0.3) is 0 Å². The standard InChI is InChI=1S/C20H34N4O2S/c1-17(23(5)15-18-9-7-6-8-10-18)11-12-22-19(21-4)24-13-14-27(25,26)20(2,3)16-24/h6-10,17H,11-16H2,1-5H3,(H,21,22). The molecule has 1 aliphatic rings. The molecule has 1 aliphatic heterocycles. The first-order valence-corrected chi connectivity index (χ1v) is 11.2. The van der Waals surface area contributed by atoms with E-state index < -0.39 is 14.6 Å². The zero-order valence-electron chi connectivity index (χ0n) is 17.3. The second-order valence-electron chi connectivity index (χ2n) is 8.01. The molecule has 0 bridgehead atoms. The van der Waals surface area contributed by atoms with E-state index in [9.17, 15) is 8.42 Å². The summed E-state index contributed by atoms with van der Waals surface area (Å²) in [7, 11) is 0.855. The topological polar surface area (TPSA) is 65.0 Å². The van der Waals surface area contributed by atoms with Gasteiger partial charge in [0.2, 0.25) is 0 Å². The first-order chi connectivity index (χ1) is 12.7. The number of hydrogen-bond donors (Lipinski definition) is 1. The van der Waals surface area contributed by atoms with Crippen molar-refractivity contribution >= 4 is 15.8 Å². The van der Waals surface area contributed by atoms with E-state index in [4.69, 9.17) is 0 Å². The van der Waals surface area contributed by atoms with Crippen LogP contribution in [-0.2, 0) is 16.4 Å². The summed E-state index contributed by atoms with van der Waals surface area (Å²) in [6.45, 7) is 8.51. The lowest BCUT2D eigenvalue weighted by molar-refractivity contribution is 0.238. The smallest absolute Gasteiger partial charge is 0.193 e. The number of nitrogens with zero attached hydrogens (tertiary/aromatic N) is 3. The molecule has 1 aromatic rings. The van der Waals surface area contributed by atoms with Gasteiger partial charge in [-0.25, -0.2) is 8.42 Å². The summed E-state index contributed by atoms with van der Waals surface area (Å²) < 4.78 is 23.6. The number of nitrogens with one attached hydrogen (secondary N) is 1. The second kappa shape index (κ2) is 9.06. The van der Waals surface area contributed by atoms with E-state index in [0.717, 1.165) is 25.5 Å². The van der Waals surface area contributed by atoms with Crippen LogP contribution < -0.4 is 5.32 Å². The summed E-state index contributed by atoms with van der Waals surface area (Å²) in [5.41, 5.74) is 1.31. The van der Waals surface area contributed by atoms with Gasteiger partial charge in [0.1, 0.15) is 0 Å². The molecule has 0 aromatic heterocycles. The lowest BCUT2D eigenvalue weighted by atomic mass is 10.1. The SMILES string of the molecule is CN=C(NCCC(C)N(C)Cc1ccccc1)N1CCS(=O)(=O)C(C)(C)C1. The molecule has 2 rings (SSSR count). The van der Waals surface area contributed by atoms with Crippen molar-refractivity contribution < 1.29 is 8.42 Å². The predicted molar refractivity (Wildman–Crippen MR) is 113 cm³/mol. The lowest BCUT2D eigenvalue weighted by Crippen LogP contribution is -2.57. The maximum atomic E-state index is 12.2. The Bertz CT molecular complexity index is 732. The number of guanidine groups is 1. The molecule has 27 heavy (non-hydrogen) atoms. The molecule has 0 aliphatic carbocycles. The molecule has 1 saturated heterocycles. The summed E-state index contributed by atoms with van der Waals surface area (Å²) in [5, 5.41) is 3.41. The number of aliphatic imine (C=N–C) groups is 1. The minimum absolute atomic E-state index is 0.177. The van der Waals surface area contributed by atoms with Gasteiger partial charge < -0.3 is 10.2 Å². The Morgan fingerprint density at radius 3 is 2.59 bits per heavy atom. The Morgan fingerprint density at radius 1 is 1.33 bits per heavy atom. The van der Waals surface area contributed by atoms with Crippen LogP contribution in [0.4, 0.5) is 0 Å². The van der Waals surface area contributed by atoms with E-state index in [-0.39, 0.29) is 5.75 Å². The fourth-order valence-corrected chi connectivity index (χ4v) is 4.66. The Labute approximate surface area is 164 Å². The Morgan fingerprint density at radius 2 is 2.00 bits per heavy atom. The zero-order chi connectivity index (χ0) is 20.1. The lowest BCUT2D eigenvalue weighted by Gasteiger charge is -2.39. The molecule has 0 radical (unpaired) electrons. The average molecular weight is 395 g/mol. The van der Waals surface area contributed by atoms with Crippen LogP contribution in [-0.4, -0.2) is 74.4 Å². The fraction of sp³-hybridized carbons (Fsp3) is 0.650. The van der Waals surface area contributed by atoms with Crippen molar-refractivity contribution in [3.63, 3.8) is 0 Å². The highest BCUT2D eigenvalue weighted by atomic mass is 32.2. The highest BCUT2D eigenvalue weighted by molar-refractivity contribution is 7.92. The van der Waals surface area contributed by atoms with Crippen LogP contribution in [0.1, 0.15) is 32.8 Å². The summed E-state index contributed by atoms with van der Waals surface area (Å²) in [6.07, 6.45) is 0.984. The van der Waals surface area contributed by atoms with Gasteiger partial charge in [0.15, 0.2) is 15.8 Å². The average Bonchev–Trinajstić information content (AvgIpc) is 2.62. The highest BCUT2D eigenvalue weighted by Crippen LogP contribution is 2.23. The quantitative estimate of drug-likeness (QED) is 0.590. The largest absolute Gasteiger partial charge is 0.356 e. The van der Waals surface area contributed by atoms with Crippen LogP contribution in [0.5, 0.6) is 0 Å². The molecule has 1 unspecified atom stereocenters. The van der Waals surface area contributed by atoms with Crippen LogP contribution in [0.15, 0.2) is 35.3 Å². The third-order valence-electron chi connectivity index (χ3n) is 5.43. The predicted octanol–water partition coefficient (Wildman–Crippen LogP) is 1.98. The van der Waals surface area contributed by atoms with Crippen LogP contribution in [0.25, 0.3) is 0 Å². The van der Waals surface area contributed by atoms with Crippen molar-refractivity contribution in [1.82, 2.24) is 15.1 Å². The van der Waals surface area contributed by atoms with E-state index in [1.807, 2.05) is 6.07 Å². The van der Waals surface area contributed by atoms with Crippen molar-refractivity contribution in [2.24, 2.45) is 4.99 Å². The van der Waals surface area contributed by atoms with Gasteiger partial charge >= 0.3 is 0 Å². The van der Waals surface area contributed by atoms with Crippen molar-refractivity contribution in [2.75, 3.05) is 39.5 Å². The molecule has 0 amide bonds. The normalized spacial score (nSPS) is 20.5. The number of sulfone groups is 1. The molecule has 152 valence electrons. The van der Waals surface area contributed by atoms with Gasteiger partial charge in [0.05, 0.1) is 10.5 Å². The molecular formula is C20H34N4O2S. The molecule has 1 N–H and O–H groups in total. The van der Waals surface area contributed by atoms with Gasteiger partial charge in [-0.3, -0.25) is 9.89 Å². The van der Waals surface area contributed by atoms with Crippen molar-refractivity contribution in [2.45, 2.75) is 44.5 Å². The van der Waals surface area contributed by atoms with E-state index in [1.165, 1.54) is 5.56 Å². The Balaban J connectivity index is 1.82. The summed E-state index contributed by atoms with van der Waals surface area (Å²) >= 11 is 0. The Hall–Kier alpha value is -1.60. The monoisotopic (exact) mass is 394 g/mol. The number of hydrogen-bond acceptors (Lipinski definition) is 4. The van der Waals surface area contributed by atoms with Crippen LogP contribution in [0, 0.1) is 0 Å². The van der Waals surface area contributed by atoms with Crippen LogP contribution in [0.3, 0.4) is 0 Å². The maximum absolute atomic E-state index is 12.2. The Kier molecular flexibility index (Phi) is 7.28. The maximum Gasteiger partial charge on any atom is 0.193 e. The van der Waals surface area contributed by atoms with Crippen LogP contribution >= 0.6 is 0 Å². The van der Waals surface area contributed by atoms with Crippen molar-refractivity contribution in [3.8, 4) is 0 Å². The van der Waals surface area contributed by atoms with Gasteiger partial charge in [-0.1, -0.05) is 30.3 Å². The molecular weight excluding hydrogens is 360 g/mol. The molecule has 0 spiro atoms. The van der Waals surface area contributed by atoms with E-state index >= 15 is 0 Å². The van der Waals surface area contributed by atoms with E-state index in [2.05, 4.69) is 58.3 Å². The van der Waals surface area contributed by atoms with Crippen molar-refractivity contribution in [1.29, 1.82) is 0 Å². The van der Waals surface area contributed by atoms with Crippen LogP contribution in [0.2, 0.25) is 0 Å². The number of rotatable bonds is 6. The molecule has 1 atom stereocenters. The third-order valence-corrected chi connectivity index (χ3v) is 7.96. The molecule has 6 nitrogen and oxygen atoms in total. The summed E-state index contributed by atoms with van der Waals surface area (Å²) in [6, 6.07) is 10.9. The minimum atomic E-state index is -3.04. The minimum Gasteiger partial charge on any atom is -0.356 e. The molecule has 0 saturated carbocycles. The van der Waals surface area contributed by atoms with Gasteiger partial charge in [0, 0.05) is 39.3 Å². The highest BCUT2D eigenvalue weighted by Gasteiger charge is 2.40. The van der Waals surface area contributed by atoms with E-state index in [1.54, 1.807) is 20.9 Å². The summed E-state index contributed by atoms with van der Waals surface area (Å²) in [4.78, 5) is 8.76. The fourth-order valence-electron chi connectivity index (χ4n) is 3.30. The zero-order valence-corrected chi connectivity index (χ0v) is 18.1. The van der Waals surface area contributed by atoms with Gasteiger partial charge in [-0.05, 0) is 39.8 Å². The van der Waals surface area contributed by atoms with Crippen molar-refractivity contribution in [3.05, 3.63) is 35.9 Å². The third kappa shape index (κ3) is 5.69. The molecule has 1 fully saturated rings. The second-order valence-corrected chi connectivity index (χ2v) is 10.8.